The molecule has 1 rings (SSSR count). The van der Waals surface area contributed by atoms with Crippen molar-refractivity contribution in [2.24, 2.45) is 0 Å². The predicted molar refractivity (Wildman–Crippen MR) is 75.9 cm³/mol. The standard InChI is InChI=1S/C13H15ClN2O4/c1-2-11(17)15-8-3-4-9(14)10(7-8)16-12(18)5-6-13(19)20/h3-4,7H,2,5-6H2,1H3,(H,15,17)(H,16,18)(H,19,20). The lowest BCUT2D eigenvalue weighted by molar-refractivity contribution is -0.138. The average Bonchev–Trinajstić information content (AvgIpc) is 2.40. The van der Waals surface area contributed by atoms with Crippen LogP contribution in [0.15, 0.2) is 18.2 Å². The van der Waals surface area contributed by atoms with Crippen LogP contribution in [0.2, 0.25) is 5.02 Å². The van der Waals surface area contributed by atoms with Crippen LogP contribution in [-0.4, -0.2) is 22.9 Å². The molecule has 0 heterocycles. The Hall–Kier alpha value is -2.08. The van der Waals surface area contributed by atoms with E-state index in [2.05, 4.69) is 10.6 Å². The molecule has 1 aromatic rings. The van der Waals surface area contributed by atoms with E-state index >= 15 is 0 Å². The third-order valence-electron chi connectivity index (χ3n) is 2.41. The van der Waals surface area contributed by atoms with Crippen molar-refractivity contribution in [3.05, 3.63) is 23.2 Å². The van der Waals surface area contributed by atoms with Gasteiger partial charge in [0.15, 0.2) is 0 Å². The maximum absolute atomic E-state index is 11.5. The zero-order valence-corrected chi connectivity index (χ0v) is 11.7. The fourth-order valence-electron chi connectivity index (χ4n) is 1.38. The quantitative estimate of drug-likeness (QED) is 0.752. The van der Waals surface area contributed by atoms with Gasteiger partial charge in [-0.15, -0.1) is 0 Å². The van der Waals surface area contributed by atoms with E-state index < -0.39 is 11.9 Å². The molecule has 0 aliphatic rings. The van der Waals surface area contributed by atoms with Crippen molar-refractivity contribution in [3.8, 4) is 0 Å². The molecule has 0 saturated carbocycles. The van der Waals surface area contributed by atoms with Gasteiger partial charge in [0.2, 0.25) is 11.8 Å². The van der Waals surface area contributed by atoms with Crippen LogP contribution in [0.3, 0.4) is 0 Å². The van der Waals surface area contributed by atoms with Gasteiger partial charge < -0.3 is 15.7 Å². The Morgan fingerprint density at radius 3 is 2.45 bits per heavy atom. The summed E-state index contributed by atoms with van der Waals surface area (Å²) >= 11 is 5.93. The molecule has 20 heavy (non-hydrogen) atoms. The third-order valence-corrected chi connectivity index (χ3v) is 2.74. The number of carboxylic acids is 1. The monoisotopic (exact) mass is 298 g/mol. The van der Waals surface area contributed by atoms with E-state index in [1.165, 1.54) is 6.07 Å². The molecule has 1 aromatic carbocycles. The van der Waals surface area contributed by atoms with Gasteiger partial charge in [0, 0.05) is 18.5 Å². The minimum absolute atomic E-state index is 0.142. The van der Waals surface area contributed by atoms with Gasteiger partial charge in [0.1, 0.15) is 0 Å². The summed E-state index contributed by atoms with van der Waals surface area (Å²) < 4.78 is 0. The van der Waals surface area contributed by atoms with Gasteiger partial charge in [-0.05, 0) is 18.2 Å². The van der Waals surface area contributed by atoms with Gasteiger partial charge in [0.25, 0.3) is 0 Å². The Morgan fingerprint density at radius 1 is 1.15 bits per heavy atom. The minimum Gasteiger partial charge on any atom is -0.481 e. The summed E-state index contributed by atoms with van der Waals surface area (Å²) in [6.07, 6.45) is -0.0597. The number of anilines is 2. The van der Waals surface area contributed by atoms with E-state index in [1.54, 1.807) is 19.1 Å². The van der Waals surface area contributed by atoms with Crippen molar-refractivity contribution in [3.63, 3.8) is 0 Å². The Kier molecular flexibility index (Phi) is 5.99. The molecule has 0 spiro atoms. The Bertz CT molecular complexity index is 531. The number of hydrogen-bond donors (Lipinski definition) is 3. The zero-order valence-electron chi connectivity index (χ0n) is 10.9. The number of nitrogens with one attached hydrogen (secondary N) is 2. The molecule has 108 valence electrons. The number of carbonyl (C=O) groups is 3. The molecule has 0 fully saturated rings. The molecular formula is C13H15ClN2O4. The lowest BCUT2D eigenvalue weighted by Gasteiger charge is -2.10. The molecule has 0 aliphatic carbocycles. The molecule has 0 aliphatic heterocycles. The molecule has 3 N–H and O–H groups in total. The number of benzene rings is 1. The van der Waals surface area contributed by atoms with Gasteiger partial charge in [-0.3, -0.25) is 14.4 Å². The average molecular weight is 299 g/mol. The SMILES string of the molecule is CCC(=O)Nc1ccc(Cl)c(NC(=O)CCC(=O)O)c1. The van der Waals surface area contributed by atoms with Crippen LogP contribution < -0.4 is 10.6 Å². The summed E-state index contributed by atoms with van der Waals surface area (Å²) in [4.78, 5) is 33.2. The normalized spacial score (nSPS) is 9.90. The zero-order chi connectivity index (χ0) is 15.1. The van der Waals surface area contributed by atoms with Crippen LogP contribution in [0.25, 0.3) is 0 Å². The highest BCUT2D eigenvalue weighted by molar-refractivity contribution is 6.33. The number of carbonyl (C=O) groups excluding carboxylic acids is 2. The molecule has 0 bridgehead atoms. The van der Waals surface area contributed by atoms with Crippen molar-refractivity contribution < 1.29 is 19.5 Å². The largest absolute Gasteiger partial charge is 0.481 e. The van der Waals surface area contributed by atoms with E-state index in [0.29, 0.717) is 22.8 Å². The Morgan fingerprint density at radius 2 is 1.85 bits per heavy atom. The maximum Gasteiger partial charge on any atom is 0.303 e. The van der Waals surface area contributed by atoms with Crippen molar-refractivity contribution in [2.45, 2.75) is 26.2 Å². The number of rotatable bonds is 6. The summed E-state index contributed by atoms with van der Waals surface area (Å²) in [5.41, 5.74) is 0.839. The fourth-order valence-corrected chi connectivity index (χ4v) is 1.55. The molecule has 0 saturated heterocycles. The third kappa shape index (κ3) is 5.27. The second-order valence-electron chi connectivity index (χ2n) is 4.04. The second-order valence-corrected chi connectivity index (χ2v) is 4.45. The molecule has 2 amide bonds. The number of aliphatic carboxylic acids is 1. The van der Waals surface area contributed by atoms with Gasteiger partial charge in [-0.1, -0.05) is 18.5 Å². The van der Waals surface area contributed by atoms with Crippen LogP contribution in [0.1, 0.15) is 26.2 Å². The summed E-state index contributed by atoms with van der Waals surface area (Å²) in [6.45, 7) is 1.72. The van der Waals surface area contributed by atoms with Crippen LogP contribution in [0.5, 0.6) is 0 Å². The summed E-state index contributed by atoms with van der Waals surface area (Å²) in [5.74, 6) is -1.65. The molecule has 0 aromatic heterocycles. The van der Waals surface area contributed by atoms with E-state index in [0.717, 1.165) is 0 Å². The molecule has 0 unspecified atom stereocenters. The Labute approximate surface area is 121 Å². The lowest BCUT2D eigenvalue weighted by atomic mass is 10.2. The predicted octanol–water partition coefficient (Wildman–Crippen LogP) is 2.49. The lowest BCUT2D eigenvalue weighted by Crippen LogP contribution is -2.14. The van der Waals surface area contributed by atoms with Crippen LogP contribution in [0.4, 0.5) is 11.4 Å². The highest BCUT2D eigenvalue weighted by atomic mass is 35.5. The van der Waals surface area contributed by atoms with E-state index in [1.807, 2.05) is 0 Å². The van der Waals surface area contributed by atoms with E-state index in [-0.39, 0.29) is 18.7 Å². The van der Waals surface area contributed by atoms with Gasteiger partial charge in [-0.25, -0.2) is 0 Å². The van der Waals surface area contributed by atoms with Crippen LogP contribution >= 0.6 is 11.6 Å². The number of hydrogen-bond acceptors (Lipinski definition) is 3. The molecular weight excluding hydrogens is 284 g/mol. The highest BCUT2D eigenvalue weighted by Gasteiger charge is 2.09. The van der Waals surface area contributed by atoms with Crippen molar-refractivity contribution in [1.29, 1.82) is 0 Å². The van der Waals surface area contributed by atoms with E-state index in [9.17, 15) is 14.4 Å². The van der Waals surface area contributed by atoms with Crippen LogP contribution in [-0.2, 0) is 14.4 Å². The molecule has 0 radical (unpaired) electrons. The van der Waals surface area contributed by atoms with E-state index in [4.69, 9.17) is 16.7 Å². The smallest absolute Gasteiger partial charge is 0.303 e. The topological polar surface area (TPSA) is 95.5 Å². The fraction of sp³-hybridized carbons (Fsp3) is 0.308. The number of halogens is 1. The first kappa shape index (κ1) is 16.0. The van der Waals surface area contributed by atoms with Crippen LogP contribution in [0, 0.1) is 0 Å². The number of carboxylic acid groups (broad SMARTS) is 1. The first-order valence-electron chi connectivity index (χ1n) is 6.03. The molecule has 7 heteroatoms. The van der Waals surface area contributed by atoms with Gasteiger partial charge in [0.05, 0.1) is 17.1 Å². The maximum atomic E-state index is 11.5. The molecule has 6 nitrogen and oxygen atoms in total. The summed E-state index contributed by atoms with van der Waals surface area (Å²) in [6, 6.07) is 4.68. The molecule has 0 atom stereocenters. The van der Waals surface area contributed by atoms with Crippen molar-refractivity contribution in [1.82, 2.24) is 0 Å². The van der Waals surface area contributed by atoms with Gasteiger partial charge in [-0.2, -0.15) is 0 Å². The first-order chi connectivity index (χ1) is 9.42. The summed E-state index contributed by atoms with van der Waals surface area (Å²) in [7, 11) is 0. The van der Waals surface area contributed by atoms with Crippen molar-refractivity contribution >= 4 is 40.8 Å². The van der Waals surface area contributed by atoms with Crippen molar-refractivity contribution in [2.75, 3.05) is 10.6 Å². The minimum atomic E-state index is -1.05. The van der Waals surface area contributed by atoms with Gasteiger partial charge >= 0.3 is 5.97 Å². The summed E-state index contributed by atoms with van der Waals surface area (Å²) in [5, 5.41) is 14.0. The highest BCUT2D eigenvalue weighted by Crippen LogP contribution is 2.25. The number of amides is 2. The second kappa shape index (κ2) is 7.49. The Balaban J connectivity index is 2.73. The first-order valence-corrected chi connectivity index (χ1v) is 6.41.